The first-order chi connectivity index (χ1) is 12.8. The normalized spacial score (nSPS) is 27.5. The van der Waals surface area contributed by atoms with Crippen molar-refractivity contribution >= 4 is 5.71 Å². The lowest BCUT2D eigenvalue weighted by atomic mass is 9.76. The van der Waals surface area contributed by atoms with Crippen LogP contribution in [0.3, 0.4) is 0 Å². The van der Waals surface area contributed by atoms with Gasteiger partial charge in [0, 0.05) is 17.5 Å². The number of quaternary nitrogens is 1. The van der Waals surface area contributed by atoms with Gasteiger partial charge in [0.25, 0.3) is 0 Å². The molecule has 3 nitrogen and oxygen atoms in total. The molecule has 2 aromatic carbocycles. The molecule has 0 saturated carbocycles. The number of hydrogen-bond acceptors (Lipinski definition) is 2. The van der Waals surface area contributed by atoms with Crippen molar-refractivity contribution in [1.29, 1.82) is 0 Å². The first-order valence-electron chi connectivity index (χ1n) is 9.90. The number of likely N-dealkylation sites (tertiary alicyclic amines) is 1. The van der Waals surface area contributed by atoms with E-state index in [1.165, 1.54) is 35.3 Å². The van der Waals surface area contributed by atoms with E-state index in [1.807, 2.05) is 0 Å². The Morgan fingerprint density at radius 2 is 1.58 bits per heavy atom. The fourth-order valence-corrected chi connectivity index (χ4v) is 4.53. The maximum Gasteiger partial charge on any atom is 0.122 e. The molecule has 1 saturated heterocycles. The summed E-state index contributed by atoms with van der Waals surface area (Å²) in [7, 11) is 2.30. The molecule has 1 fully saturated rings. The number of rotatable bonds is 6. The number of piperidine rings is 1. The third kappa shape index (κ3) is 3.99. The Kier molecular flexibility index (Phi) is 6.45. The second-order valence-corrected chi connectivity index (χ2v) is 7.49. The van der Waals surface area contributed by atoms with E-state index in [0.29, 0.717) is 18.0 Å². The molecule has 0 spiro atoms. The van der Waals surface area contributed by atoms with Crippen molar-refractivity contribution < 1.29 is 10.1 Å². The van der Waals surface area contributed by atoms with Gasteiger partial charge in [0.15, 0.2) is 0 Å². The second-order valence-electron chi connectivity index (χ2n) is 7.49. The lowest BCUT2D eigenvalue weighted by Crippen LogP contribution is -3.11. The fourth-order valence-electron chi connectivity index (χ4n) is 4.53. The van der Waals surface area contributed by atoms with Gasteiger partial charge in [-0.15, -0.1) is 0 Å². The molecule has 0 bridgehead atoms. The van der Waals surface area contributed by atoms with Crippen LogP contribution < -0.4 is 4.90 Å². The van der Waals surface area contributed by atoms with E-state index in [0.717, 1.165) is 18.6 Å². The van der Waals surface area contributed by atoms with Gasteiger partial charge in [0.1, 0.15) is 12.1 Å². The molecule has 2 N–H and O–H groups in total. The highest BCUT2D eigenvalue weighted by Crippen LogP contribution is 2.34. The Morgan fingerprint density at radius 1 is 0.962 bits per heavy atom. The van der Waals surface area contributed by atoms with Crippen LogP contribution in [-0.4, -0.2) is 18.0 Å². The van der Waals surface area contributed by atoms with Crippen LogP contribution in [0.1, 0.15) is 62.2 Å². The maximum absolute atomic E-state index is 9.81. The molecular weight excluding hydrogens is 320 g/mol. The van der Waals surface area contributed by atoms with Gasteiger partial charge in [0.2, 0.25) is 0 Å². The second kappa shape index (κ2) is 9.00. The van der Waals surface area contributed by atoms with Gasteiger partial charge in [-0.05, 0) is 6.42 Å². The van der Waals surface area contributed by atoms with Crippen molar-refractivity contribution in [3.63, 3.8) is 0 Å². The summed E-state index contributed by atoms with van der Waals surface area (Å²) in [5.74, 6) is 0.300. The third-order valence-corrected chi connectivity index (χ3v) is 5.89. The Hall–Kier alpha value is -2.13. The summed E-state index contributed by atoms with van der Waals surface area (Å²) in [6, 6.07) is 22.0. The molecular formula is C23H31N2O+. The van der Waals surface area contributed by atoms with E-state index in [-0.39, 0.29) is 0 Å². The average molecular weight is 352 g/mol. The highest BCUT2D eigenvalue weighted by Gasteiger charge is 2.44. The molecule has 3 heteroatoms. The Morgan fingerprint density at radius 3 is 2.15 bits per heavy atom. The van der Waals surface area contributed by atoms with E-state index in [2.05, 4.69) is 79.8 Å². The zero-order valence-corrected chi connectivity index (χ0v) is 15.9. The van der Waals surface area contributed by atoms with Crippen molar-refractivity contribution in [1.82, 2.24) is 0 Å². The number of oxime groups is 1. The number of nitrogens with one attached hydrogen (secondary N) is 1. The summed E-state index contributed by atoms with van der Waals surface area (Å²) in [6.07, 6.45) is 5.55. The summed E-state index contributed by atoms with van der Waals surface area (Å²) >= 11 is 0. The van der Waals surface area contributed by atoms with Crippen LogP contribution in [0.15, 0.2) is 65.8 Å². The van der Waals surface area contributed by atoms with Crippen LogP contribution in [0.25, 0.3) is 0 Å². The van der Waals surface area contributed by atoms with Crippen molar-refractivity contribution in [2.75, 3.05) is 7.05 Å². The van der Waals surface area contributed by atoms with Crippen molar-refractivity contribution in [2.24, 2.45) is 11.1 Å². The van der Waals surface area contributed by atoms with Crippen molar-refractivity contribution in [3.8, 4) is 0 Å². The molecule has 4 atom stereocenters. The Labute approximate surface area is 157 Å². The van der Waals surface area contributed by atoms with E-state index in [9.17, 15) is 5.21 Å². The molecule has 1 aliphatic heterocycles. The first-order valence-corrected chi connectivity index (χ1v) is 9.90. The van der Waals surface area contributed by atoms with Gasteiger partial charge in [-0.3, -0.25) is 0 Å². The average Bonchev–Trinajstić information content (AvgIpc) is 2.70. The number of benzene rings is 2. The van der Waals surface area contributed by atoms with Crippen LogP contribution in [0, 0.1) is 5.92 Å². The predicted octanol–water partition coefficient (Wildman–Crippen LogP) is 4.41. The summed E-state index contributed by atoms with van der Waals surface area (Å²) in [5, 5.41) is 13.6. The van der Waals surface area contributed by atoms with E-state index < -0.39 is 0 Å². The lowest BCUT2D eigenvalue weighted by Gasteiger charge is -2.42. The molecule has 0 aromatic heterocycles. The molecule has 2 aromatic rings. The molecule has 138 valence electrons. The maximum atomic E-state index is 9.81. The zero-order chi connectivity index (χ0) is 18.4. The van der Waals surface area contributed by atoms with Crippen LogP contribution in [0.2, 0.25) is 0 Å². The lowest BCUT2D eigenvalue weighted by molar-refractivity contribution is -0.949. The summed E-state index contributed by atoms with van der Waals surface area (Å²) in [6.45, 7) is 2.24. The zero-order valence-electron chi connectivity index (χ0n) is 15.9. The van der Waals surface area contributed by atoms with Gasteiger partial charge in [-0.2, -0.15) is 0 Å². The minimum Gasteiger partial charge on any atom is -0.411 e. The Bertz CT molecular complexity index is 699. The molecule has 1 aliphatic rings. The first kappa shape index (κ1) is 18.7. The highest BCUT2D eigenvalue weighted by molar-refractivity contribution is 5.88. The molecule has 1 unspecified atom stereocenters. The predicted molar refractivity (Wildman–Crippen MR) is 107 cm³/mol. The summed E-state index contributed by atoms with van der Waals surface area (Å²) in [4.78, 5) is 1.50. The largest absolute Gasteiger partial charge is 0.411 e. The highest BCUT2D eigenvalue weighted by atomic mass is 16.4. The SMILES string of the molecule is CCCCC[C@@H]1/C(=N/O)C[C@@H](c2ccccc2)[NH+](C)[C@H]1c1ccccc1. The summed E-state index contributed by atoms with van der Waals surface area (Å²) < 4.78 is 0. The Balaban J connectivity index is 1.97. The van der Waals surface area contributed by atoms with Crippen molar-refractivity contribution in [3.05, 3.63) is 71.8 Å². The van der Waals surface area contributed by atoms with Gasteiger partial charge >= 0.3 is 0 Å². The minimum atomic E-state index is 0.300. The third-order valence-electron chi connectivity index (χ3n) is 5.89. The van der Waals surface area contributed by atoms with Gasteiger partial charge in [0.05, 0.1) is 18.7 Å². The molecule has 0 amide bonds. The number of hydrogen-bond donors (Lipinski definition) is 2. The van der Waals surface area contributed by atoms with Crippen LogP contribution in [0.4, 0.5) is 0 Å². The smallest absolute Gasteiger partial charge is 0.122 e. The number of nitrogens with zero attached hydrogens (tertiary/aromatic N) is 1. The van der Waals surface area contributed by atoms with Crippen LogP contribution >= 0.6 is 0 Å². The van der Waals surface area contributed by atoms with Gasteiger partial charge in [-0.1, -0.05) is 92.0 Å². The van der Waals surface area contributed by atoms with E-state index >= 15 is 0 Å². The molecule has 0 radical (unpaired) electrons. The molecule has 1 heterocycles. The standard InChI is InChI=1S/C23H30N2O/c1-3-4-7-16-20-21(24-26)17-22(18-12-8-5-9-13-18)25(2)23(20)19-14-10-6-11-15-19/h5-6,8-15,20,22-23,26H,3-4,7,16-17H2,1-2H3/p+1/b24-21+/t20-,22+,23+/m1/s1. The number of unbranched alkanes of at least 4 members (excludes halogenated alkanes) is 2. The molecule has 0 aliphatic carbocycles. The van der Waals surface area contributed by atoms with Crippen molar-refractivity contribution in [2.45, 2.75) is 51.1 Å². The quantitative estimate of drug-likeness (QED) is 0.451. The van der Waals surface area contributed by atoms with Crippen LogP contribution in [-0.2, 0) is 0 Å². The van der Waals surface area contributed by atoms with Gasteiger partial charge < -0.3 is 10.1 Å². The van der Waals surface area contributed by atoms with Gasteiger partial charge in [-0.25, -0.2) is 0 Å². The van der Waals surface area contributed by atoms with E-state index in [1.54, 1.807) is 0 Å². The van der Waals surface area contributed by atoms with Crippen LogP contribution in [0.5, 0.6) is 0 Å². The van der Waals surface area contributed by atoms with E-state index in [4.69, 9.17) is 0 Å². The topological polar surface area (TPSA) is 37.0 Å². The minimum absolute atomic E-state index is 0.300. The summed E-state index contributed by atoms with van der Waals surface area (Å²) in [5.41, 5.74) is 3.63. The monoisotopic (exact) mass is 351 g/mol. The molecule has 3 rings (SSSR count). The fraction of sp³-hybridized carbons (Fsp3) is 0.435. The molecule has 26 heavy (non-hydrogen) atoms.